The Hall–Kier alpha value is -0.510. The number of fused-ring (bicyclic) bond motifs is 1. The topological polar surface area (TPSA) is 43.4 Å². The van der Waals surface area contributed by atoms with Crippen LogP contribution in [-0.4, -0.2) is 16.7 Å². The van der Waals surface area contributed by atoms with E-state index in [0.29, 0.717) is 6.42 Å². The summed E-state index contributed by atoms with van der Waals surface area (Å²) in [5.41, 5.74) is 0. The lowest BCUT2D eigenvalue weighted by atomic mass is 9.80. The van der Waals surface area contributed by atoms with Gasteiger partial charge in [0, 0.05) is 0 Å². The van der Waals surface area contributed by atoms with Crippen molar-refractivity contribution in [3.8, 4) is 0 Å². The minimum absolute atomic E-state index is 0.290. The van der Waals surface area contributed by atoms with Crippen molar-refractivity contribution in [1.82, 2.24) is 0 Å². The molecule has 1 aliphatic carbocycles. The minimum Gasteiger partial charge on any atom is -0.392 e. The smallest absolute Gasteiger partial charge is 0.330 e. The molecular weight excluding hydrogens is 176 g/mol. The number of rotatable bonds is 0. The van der Waals surface area contributed by atoms with E-state index in [2.05, 4.69) is 17.4 Å². The van der Waals surface area contributed by atoms with Gasteiger partial charge in [-0.15, -0.1) is 0 Å². The van der Waals surface area contributed by atoms with Crippen molar-refractivity contribution in [2.75, 3.05) is 0 Å². The lowest BCUT2D eigenvalue weighted by Gasteiger charge is -2.28. The van der Waals surface area contributed by atoms with Crippen molar-refractivity contribution >= 4 is 24.6 Å². The molecule has 3 nitrogen and oxygen atoms in total. The summed E-state index contributed by atoms with van der Waals surface area (Å²) in [7, 11) is 0. The standard InChI is InChI=1S/C8H10O3S/c9-6-5-3-1-2-4-8(5,12)7(10)11-6/h5,12H,1-4H2. The molecule has 66 valence electrons. The molecule has 0 N–H and O–H groups in total. The summed E-state index contributed by atoms with van der Waals surface area (Å²) in [4.78, 5) is 22.4. The third-order valence-corrected chi connectivity index (χ3v) is 3.43. The van der Waals surface area contributed by atoms with Gasteiger partial charge in [-0.2, -0.15) is 12.6 Å². The highest BCUT2D eigenvalue weighted by Gasteiger charge is 2.56. The first-order valence-electron chi connectivity index (χ1n) is 4.13. The van der Waals surface area contributed by atoms with Crippen LogP contribution in [0, 0.1) is 5.92 Å². The molecule has 1 heterocycles. The first kappa shape index (κ1) is 8.10. The van der Waals surface area contributed by atoms with Crippen LogP contribution in [0.15, 0.2) is 0 Å². The number of hydrogen-bond acceptors (Lipinski definition) is 4. The number of hydrogen-bond donors (Lipinski definition) is 1. The highest BCUT2D eigenvalue weighted by Crippen LogP contribution is 2.44. The molecule has 1 saturated carbocycles. The van der Waals surface area contributed by atoms with E-state index >= 15 is 0 Å². The predicted molar refractivity (Wildman–Crippen MR) is 44.8 cm³/mol. The fourth-order valence-electron chi connectivity index (χ4n) is 1.96. The summed E-state index contributed by atoms with van der Waals surface area (Å²) < 4.78 is 3.76. The van der Waals surface area contributed by atoms with Gasteiger partial charge in [0.05, 0.1) is 5.92 Å². The van der Waals surface area contributed by atoms with Crippen LogP contribution in [0.2, 0.25) is 0 Å². The van der Waals surface area contributed by atoms with E-state index in [4.69, 9.17) is 0 Å². The summed E-state index contributed by atoms with van der Waals surface area (Å²) in [6, 6.07) is 0. The van der Waals surface area contributed by atoms with Crippen LogP contribution in [0.5, 0.6) is 0 Å². The Balaban J connectivity index is 2.33. The number of esters is 2. The SMILES string of the molecule is O=C1OC(=O)C2(S)CCCCC12. The molecule has 1 saturated heterocycles. The first-order chi connectivity index (χ1) is 5.64. The van der Waals surface area contributed by atoms with Gasteiger partial charge in [0.25, 0.3) is 0 Å². The molecule has 4 heteroatoms. The van der Waals surface area contributed by atoms with Crippen molar-refractivity contribution < 1.29 is 14.3 Å². The third kappa shape index (κ3) is 0.905. The largest absolute Gasteiger partial charge is 0.392 e. The fraction of sp³-hybridized carbons (Fsp3) is 0.750. The summed E-state index contributed by atoms with van der Waals surface area (Å²) in [5.74, 6) is -1.11. The highest BCUT2D eigenvalue weighted by atomic mass is 32.1. The maximum absolute atomic E-state index is 11.2. The van der Waals surface area contributed by atoms with Crippen molar-refractivity contribution in [3.63, 3.8) is 0 Å². The van der Waals surface area contributed by atoms with Crippen molar-refractivity contribution in [3.05, 3.63) is 0 Å². The van der Waals surface area contributed by atoms with E-state index < -0.39 is 10.7 Å². The van der Waals surface area contributed by atoms with Gasteiger partial charge < -0.3 is 4.74 Å². The molecule has 0 radical (unpaired) electrons. The van der Waals surface area contributed by atoms with Gasteiger partial charge in [-0.3, -0.25) is 9.59 Å². The van der Waals surface area contributed by atoms with E-state index in [-0.39, 0.29) is 11.9 Å². The van der Waals surface area contributed by atoms with Gasteiger partial charge in [-0.1, -0.05) is 12.8 Å². The Kier molecular flexibility index (Phi) is 1.68. The van der Waals surface area contributed by atoms with Crippen LogP contribution >= 0.6 is 12.6 Å². The second-order valence-electron chi connectivity index (χ2n) is 3.43. The average molecular weight is 186 g/mol. The zero-order valence-corrected chi connectivity index (χ0v) is 7.47. The van der Waals surface area contributed by atoms with Crippen molar-refractivity contribution in [2.45, 2.75) is 30.4 Å². The molecule has 0 spiro atoms. The average Bonchev–Trinajstić information content (AvgIpc) is 2.25. The zero-order valence-electron chi connectivity index (χ0n) is 6.58. The maximum Gasteiger partial charge on any atom is 0.330 e. The summed E-state index contributed by atoms with van der Waals surface area (Å²) in [6.07, 6.45) is 3.37. The normalized spacial score (nSPS) is 40.9. The van der Waals surface area contributed by atoms with Crippen molar-refractivity contribution in [1.29, 1.82) is 0 Å². The van der Waals surface area contributed by atoms with Crippen LogP contribution in [0.3, 0.4) is 0 Å². The fourth-order valence-corrected chi connectivity index (χ4v) is 2.40. The molecule has 1 aliphatic heterocycles. The predicted octanol–water partition coefficient (Wildman–Crippen LogP) is 0.929. The van der Waals surface area contributed by atoms with Crippen LogP contribution in [0.25, 0.3) is 0 Å². The lowest BCUT2D eigenvalue weighted by molar-refractivity contribution is -0.153. The van der Waals surface area contributed by atoms with E-state index in [1.165, 1.54) is 0 Å². The maximum atomic E-state index is 11.2. The molecule has 0 aromatic heterocycles. The number of cyclic esters (lactones) is 2. The first-order valence-corrected chi connectivity index (χ1v) is 4.58. The number of ether oxygens (including phenoxy) is 1. The molecule has 0 aromatic carbocycles. The van der Waals surface area contributed by atoms with Gasteiger partial charge >= 0.3 is 11.9 Å². The summed E-state index contributed by atoms with van der Waals surface area (Å²) >= 11 is 4.27. The minimum atomic E-state index is -0.796. The van der Waals surface area contributed by atoms with Crippen molar-refractivity contribution in [2.24, 2.45) is 5.92 Å². The number of carbonyl (C=O) groups excluding carboxylic acids is 2. The monoisotopic (exact) mass is 186 g/mol. The zero-order chi connectivity index (χ0) is 8.77. The molecule has 0 amide bonds. The Morgan fingerprint density at radius 2 is 2.17 bits per heavy atom. The number of thiol groups is 1. The second-order valence-corrected chi connectivity index (χ2v) is 4.23. The Morgan fingerprint density at radius 1 is 1.42 bits per heavy atom. The summed E-state index contributed by atoms with van der Waals surface area (Å²) in [6.45, 7) is 0. The van der Waals surface area contributed by atoms with Crippen LogP contribution in [0.1, 0.15) is 25.7 Å². The molecule has 0 bridgehead atoms. The Bertz CT molecular complexity index is 251. The van der Waals surface area contributed by atoms with Gasteiger partial charge in [-0.05, 0) is 12.8 Å². The molecule has 2 aliphatic rings. The Morgan fingerprint density at radius 3 is 2.83 bits per heavy atom. The van der Waals surface area contributed by atoms with E-state index in [1.807, 2.05) is 0 Å². The molecule has 2 atom stereocenters. The summed E-state index contributed by atoms with van der Waals surface area (Å²) in [5, 5.41) is 0. The molecule has 2 unspecified atom stereocenters. The molecule has 2 rings (SSSR count). The third-order valence-electron chi connectivity index (χ3n) is 2.71. The van der Waals surface area contributed by atoms with Crippen LogP contribution in [-0.2, 0) is 14.3 Å². The van der Waals surface area contributed by atoms with Gasteiger partial charge in [0.1, 0.15) is 4.75 Å². The van der Waals surface area contributed by atoms with Gasteiger partial charge in [0.15, 0.2) is 0 Å². The Labute approximate surface area is 75.9 Å². The van der Waals surface area contributed by atoms with Crippen LogP contribution in [0.4, 0.5) is 0 Å². The lowest BCUT2D eigenvalue weighted by Crippen LogP contribution is -2.38. The second kappa shape index (κ2) is 2.49. The van der Waals surface area contributed by atoms with Gasteiger partial charge in [0.2, 0.25) is 0 Å². The van der Waals surface area contributed by atoms with E-state index in [9.17, 15) is 9.59 Å². The quantitative estimate of drug-likeness (QED) is 0.347. The highest BCUT2D eigenvalue weighted by molar-refractivity contribution is 7.82. The molecule has 2 fully saturated rings. The van der Waals surface area contributed by atoms with E-state index in [1.54, 1.807) is 0 Å². The van der Waals surface area contributed by atoms with E-state index in [0.717, 1.165) is 19.3 Å². The number of carbonyl (C=O) groups is 2. The molecule has 0 aromatic rings. The molecular formula is C8H10O3S. The van der Waals surface area contributed by atoms with Gasteiger partial charge in [-0.25, -0.2) is 0 Å². The molecule has 12 heavy (non-hydrogen) atoms. The van der Waals surface area contributed by atoms with Crippen LogP contribution < -0.4 is 0 Å².